The van der Waals surface area contributed by atoms with Crippen LogP contribution in [0.4, 0.5) is 0 Å². The van der Waals surface area contributed by atoms with Crippen LogP contribution in [0.5, 0.6) is 0 Å². The molecule has 0 aliphatic rings. The standard InChI is InChI=1S/C20H27N3O/c1-16(2)23(15-19-21-12-13-22(19)5)14-18-8-6-17(7-9-18)10-11-20(3,4)24/h6-9,12-13,16,24H,14-15H2,1-5H3. The molecule has 0 atom stereocenters. The second kappa shape index (κ2) is 7.65. The number of hydrogen-bond donors (Lipinski definition) is 1. The predicted octanol–water partition coefficient (Wildman–Crippen LogP) is 2.95. The Labute approximate surface area is 145 Å². The van der Waals surface area contributed by atoms with Gasteiger partial charge in [-0.2, -0.15) is 0 Å². The molecular weight excluding hydrogens is 298 g/mol. The van der Waals surface area contributed by atoms with Gasteiger partial charge in [-0.3, -0.25) is 4.90 Å². The molecule has 1 aromatic heterocycles. The van der Waals surface area contributed by atoms with Gasteiger partial charge in [0.15, 0.2) is 0 Å². The van der Waals surface area contributed by atoms with E-state index in [4.69, 9.17) is 0 Å². The van der Waals surface area contributed by atoms with Crippen LogP contribution in [0.1, 0.15) is 44.6 Å². The van der Waals surface area contributed by atoms with E-state index in [0.29, 0.717) is 6.04 Å². The molecule has 0 bridgehead atoms. The fourth-order valence-electron chi connectivity index (χ4n) is 2.30. The first-order valence-electron chi connectivity index (χ1n) is 8.29. The van der Waals surface area contributed by atoms with Gasteiger partial charge in [0.25, 0.3) is 0 Å². The maximum atomic E-state index is 9.67. The van der Waals surface area contributed by atoms with Crippen molar-refractivity contribution in [3.8, 4) is 11.8 Å². The Balaban J connectivity index is 2.07. The zero-order chi connectivity index (χ0) is 17.7. The summed E-state index contributed by atoms with van der Waals surface area (Å²) in [6.07, 6.45) is 3.81. The van der Waals surface area contributed by atoms with Gasteiger partial charge in [-0.1, -0.05) is 24.0 Å². The molecule has 2 rings (SSSR count). The van der Waals surface area contributed by atoms with Crippen molar-refractivity contribution in [2.45, 2.75) is 52.4 Å². The number of hydrogen-bond acceptors (Lipinski definition) is 3. The number of rotatable bonds is 5. The highest BCUT2D eigenvalue weighted by molar-refractivity contribution is 5.37. The Morgan fingerprint density at radius 3 is 2.38 bits per heavy atom. The summed E-state index contributed by atoms with van der Waals surface area (Å²) < 4.78 is 2.06. The molecule has 0 saturated carbocycles. The van der Waals surface area contributed by atoms with Crippen LogP contribution in [0.2, 0.25) is 0 Å². The number of benzene rings is 1. The highest BCUT2D eigenvalue weighted by Gasteiger charge is 2.13. The first-order valence-corrected chi connectivity index (χ1v) is 8.29. The molecule has 0 fully saturated rings. The van der Waals surface area contributed by atoms with E-state index < -0.39 is 5.60 Å². The molecule has 1 N–H and O–H groups in total. The largest absolute Gasteiger partial charge is 0.378 e. The number of imidazole rings is 1. The molecule has 1 heterocycles. The highest BCUT2D eigenvalue weighted by atomic mass is 16.3. The van der Waals surface area contributed by atoms with Crippen LogP contribution in [0, 0.1) is 11.8 Å². The van der Waals surface area contributed by atoms with Crippen molar-refractivity contribution < 1.29 is 5.11 Å². The van der Waals surface area contributed by atoms with Crippen LogP contribution in [0.15, 0.2) is 36.7 Å². The molecule has 0 amide bonds. The highest BCUT2D eigenvalue weighted by Crippen LogP contribution is 2.13. The van der Waals surface area contributed by atoms with Crippen LogP contribution in [0.3, 0.4) is 0 Å². The van der Waals surface area contributed by atoms with Gasteiger partial charge in [0.05, 0.1) is 6.54 Å². The van der Waals surface area contributed by atoms with Gasteiger partial charge in [-0.05, 0) is 45.4 Å². The van der Waals surface area contributed by atoms with Gasteiger partial charge < -0.3 is 9.67 Å². The van der Waals surface area contributed by atoms with E-state index in [1.54, 1.807) is 13.8 Å². The molecule has 0 aliphatic heterocycles. The molecule has 0 radical (unpaired) electrons. The molecule has 0 aliphatic carbocycles. The normalized spacial score (nSPS) is 11.7. The van der Waals surface area contributed by atoms with E-state index in [-0.39, 0.29) is 0 Å². The molecule has 0 spiro atoms. The molecule has 0 saturated heterocycles. The topological polar surface area (TPSA) is 41.3 Å². The van der Waals surface area contributed by atoms with Crippen molar-refractivity contribution in [2.75, 3.05) is 0 Å². The van der Waals surface area contributed by atoms with E-state index in [1.165, 1.54) is 5.56 Å². The SMILES string of the molecule is CC(C)N(Cc1ccc(C#CC(C)(C)O)cc1)Cc1nccn1C. The van der Waals surface area contributed by atoms with Crippen LogP contribution in [-0.4, -0.2) is 31.2 Å². The number of aryl methyl sites for hydroxylation is 1. The lowest BCUT2D eigenvalue weighted by Crippen LogP contribution is -2.30. The summed E-state index contributed by atoms with van der Waals surface area (Å²) >= 11 is 0. The summed E-state index contributed by atoms with van der Waals surface area (Å²) in [5.41, 5.74) is 1.20. The molecule has 2 aromatic rings. The van der Waals surface area contributed by atoms with Crippen LogP contribution >= 0.6 is 0 Å². The quantitative estimate of drug-likeness (QED) is 0.859. The minimum atomic E-state index is -0.963. The average molecular weight is 325 g/mol. The molecule has 4 heteroatoms. The first-order chi connectivity index (χ1) is 11.2. The van der Waals surface area contributed by atoms with Crippen molar-refractivity contribution in [3.63, 3.8) is 0 Å². The minimum absolute atomic E-state index is 0.427. The monoisotopic (exact) mass is 325 g/mol. The maximum absolute atomic E-state index is 9.67. The fourth-order valence-corrected chi connectivity index (χ4v) is 2.30. The second-order valence-corrected chi connectivity index (χ2v) is 6.96. The van der Waals surface area contributed by atoms with Gasteiger partial charge in [0, 0.05) is 37.6 Å². The molecule has 0 unspecified atom stereocenters. The zero-order valence-electron chi connectivity index (χ0n) is 15.2. The van der Waals surface area contributed by atoms with Gasteiger partial charge in [-0.25, -0.2) is 4.98 Å². The van der Waals surface area contributed by atoms with E-state index in [1.807, 2.05) is 31.6 Å². The van der Waals surface area contributed by atoms with Crippen LogP contribution in [-0.2, 0) is 20.1 Å². The lowest BCUT2D eigenvalue weighted by atomic mass is 10.1. The van der Waals surface area contributed by atoms with Gasteiger partial charge >= 0.3 is 0 Å². The lowest BCUT2D eigenvalue weighted by molar-refractivity contribution is 0.143. The fraction of sp³-hybridized carbons (Fsp3) is 0.450. The molecule has 4 nitrogen and oxygen atoms in total. The summed E-state index contributed by atoms with van der Waals surface area (Å²) in [7, 11) is 2.02. The van der Waals surface area contributed by atoms with Crippen LogP contribution in [0.25, 0.3) is 0 Å². The van der Waals surface area contributed by atoms with Gasteiger partial charge in [0.1, 0.15) is 11.4 Å². The summed E-state index contributed by atoms with van der Waals surface area (Å²) in [5, 5.41) is 9.67. The summed E-state index contributed by atoms with van der Waals surface area (Å²) in [4.78, 5) is 6.81. The van der Waals surface area contributed by atoms with E-state index in [9.17, 15) is 5.11 Å². The second-order valence-electron chi connectivity index (χ2n) is 6.96. The Morgan fingerprint density at radius 2 is 1.88 bits per heavy atom. The van der Waals surface area contributed by atoms with Crippen LogP contribution < -0.4 is 0 Å². The summed E-state index contributed by atoms with van der Waals surface area (Å²) in [6, 6.07) is 8.64. The Bertz CT molecular complexity index is 712. The average Bonchev–Trinajstić information content (AvgIpc) is 2.90. The van der Waals surface area contributed by atoms with E-state index in [2.05, 4.69) is 52.3 Å². The van der Waals surface area contributed by atoms with Crippen molar-refractivity contribution >= 4 is 0 Å². The smallest absolute Gasteiger partial charge is 0.122 e. The van der Waals surface area contributed by atoms with E-state index >= 15 is 0 Å². The Kier molecular flexibility index (Phi) is 5.82. The summed E-state index contributed by atoms with van der Waals surface area (Å²) in [6.45, 7) is 9.46. The maximum Gasteiger partial charge on any atom is 0.122 e. The molecular formula is C20H27N3O. The Hall–Kier alpha value is -2.09. The van der Waals surface area contributed by atoms with Gasteiger partial charge in [-0.15, -0.1) is 0 Å². The van der Waals surface area contributed by atoms with Crippen molar-refractivity contribution in [1.82, 2.24) is 14.5 Å². The molecule has 128 valence electrons. The zero-order valence-corrected chi connectivity index (χ0v) is 15.2. The Morgan fingerprint density at radius 1 is 1.21 bits per heavy atom. The van der Waals surface area contributed by atoms with Gasteiger partial charge in [0.2, 0.25) is 0 Å². The summed E-state index contributed by atoms with van der Waals surface area (Å²) in [5.74, 6) is 6.91. The lowest BCUT2D eigenvalue weighted by Gasteiger charge is -2.26. The first kappa shape index (κ1) is 18.3. The number of aromatic nitrogens is 2. The third kappa shape index (κ3) is 5.52. The minimum Gasteiger partial charge on any atom is -0.378 e. The van der Waals surface area contributed by atoms with Crippen molar-refractivity contribution in [1.29, 1.82) is 0 Å². The van der Waals surface area contributed by atoms with E-state index in [0.717, 1.165) is 24.5 Å². The van der Waals surface area contributed by atoms with Crippen molar-refractivity contribution in [3.05, 3.63) is 53.6 Å². The number of aliphatic hydroxyl groups is 1. The third-order valence-electron chi connectivity index (χ3n) is 3.85. The van der Waals surface area contributed by atoms with Crippen molar-refractivity contribution in [2.24, 2.45) is 7.05 Å². The molecule has 24 heavy (non-hydrogen) atoms. The number of nitrogens with zero attached hydrogens (tertiary/aromatic N) is 3. The third-order valence-corrected chi connectivity index (χ3v) is 3.85. The predicted molar refractivity (Wildman–Crippen MR) is 97.2 cm³/mol. The molecule has 1 aromatic carbocycles.